The molecule has 0 N–H and O–H groups in total. The van der Waals surface area contributed by atoms with Crippen molar-refractivity contribution in [1.29, 1.82) is 0 Å². The van der Waals surface area contributed by atoms with Gasteiger partial charge in [0.1, 0.15) is 18.6 Å². The smallest absolute Gasteiger partial charge is 0.317 e. The molecule has 0 amide bonds. The summed E-state index contributed by atoms with van der Waals surface area (Å²) in [6, 6.07) is 0. The molecule has 0 aliphatic rings. The Morgan fingerprint density at radius 2 is 1.11 bits per heavy atom. The van der Waals surface area contributed by atoms with Crippen molar-refractivity contribution in [2.75, 3.05) is 0 Å². The topological polar surface area (TPSA) is 52.6 Å². The molecular weight excluding hydrogens is 244 g/mol. The Bertz CT molecular complexity index is 260. The third-order valence-corrected chi connectivity index (χ3v) is 3.81. The minimum atomic E-state index is -0.505. The fourth-order valence-corrected chi connectivity index (χ4v) is 1.51. The molecule has 0 saturated heterocycles. The summed E-state index contributed by atoms with van der Waals surface area (Å²) in [4.78, 5) is 23.2. The molecule has 0 aromatic rings. The fourth-order valence-electron chi connectivity index (χ4n) is 1.51. The summed E-state index contributed by atoms with van der Waals surface area (Å²) in [7, 11) is 0. The zero-order valence-corrected chi connectivity index (χ0v) is 13.1. The number of ether oxygens (including phenoxy) is 2. The lowest BCUT2D eigenvalue weighted by atomic mass is 10.0. The summed E-state index contributed by atoms with van der Waals surface area (Å²) in [6.07, 6.45) is 1.23. The molecule has 0 spiro atoms. The molecule has 4 nitrogen and oxygen atoms in total. The summed E-state index contributed by atoms with van der Waals surface area (Å²) in [5.74, 6) is -0.429. The molecule has 0 radical (unpaired) electrons. The SMILES string of the molecule is CCC(C)C(C)OC(=O)CC(=O)OC(C)C(C)CC. The van der Waals surface area contributed by atoms with Crippen LogP contribution in [0.4, 0.5) is 0 Å². The van der Waals surface area contributed by atoms with Crippen LogP contribution in [-0.4, -0.2) is 24.1 Å². The summed E-state index contributed by atoms with van der Waals surface area (Å²) < 4.78 is 10.4. The highest BCUT2D eigenvalue weighted by molar-refractivity contribution is 5.91. The van der Waals surface area contributed by atoms with E-state index in [0.29, 0.717) is 11.8 Å². The van der Waals surface area contributed by atoms with E-state index in [1.165, 1.54) is 0 Å². The maximum atomic E-state index is 11.6. The number of rotatable bonds is 8. The molecule has 0 aromatic heterocycles. The average Bonchev–Trinajstić information content (AvgIpc) is 2.35. The van der Waals surface area contributed by atoms with Crippen LogP contribution >= 0.6 is 0 Å². The van der Waals surface area contributed by atoms with Gasteiger partial charge in [0.15, 0.2) is 0 Å². The minimum absolute atomic E-state index is 0.169. The first-order valence-electron chi connectivity index (χ1n) is 7.20. The van der Waals surface area contributed by atoms with E-state index >= 15 is 0 Å². The second-order valence-electron chi connectivity index (χ2n) is 5.34. The van der Waals surface area contributed by atoms with E-state index in [-0.39, 0.29) is 18.6 Å². The quantitative estimate of drug-likeness (QED) is 0.502. The van der Waals surface area contributed by atoms with Crippen LogP contribution in [-0.2, 0) is 19.1 Å². The first-order chi connectivity index (χ1) is 8.81. The van der Waals surface area contributed by atoms with E-state index in [4.69, 9.17) is 9.47 Å². The lowest BCUT2D eigenvalue weighted by Gasteiger charge is -2.20. The van der Waals surface area contributed by atoms with Gasteiger partial charge >= 0.3 is 11.9 Å². The van der Waals surface area contributed by atoms with Crippen LogP contribution < -0.4 is 0 Å². The molecular formula is C15H28O4. The van der Waals surface area contributed by atoms with E-state index in [1.807, 2.05) is 41.5 Å². The zero-order chi connectivity index (χ0) is 15.0. The summed E-state index contributed by atoms with van der Waals surface area (Å²) in [5, 5.41) is 0. The molecule has 0 saturated carbocycles. The predicted octanol–water partition coefficient (Wildman–Crippen LogP) is 3.33. The first-order valence-corrected chi connectivity index (χ1v) is 7.20. The molecule has 4 atom stereocenters. The number of hydrogen-bond donors (Lipinski definition) is 0. The Kier molecular flexibility index (Phi) is 8.44. The Morgan fingerprint density at radius 1 is 0.789 bits per heavy atom. The van der Waals surface area contributed by atoms with Crippen LogP contribution in [0, 0.1) is 11.8 Å². The monoisotopic (exact) mass is 272 g/mol. The van der Waals surface area contributed by atoms with Gasteiger partial charge in [-0.05, 0) is 25.7 Å². The summed E-state index contributed by atoms with van der Waals surface area (Å²) in [6.45, 7) is 11.8. The molecule has 112 valence electrons. The standard InChI is InChI=1S/C15H28O4/c1-7-10(3)12(5)18-14(16)9-15(17)19-13(6)11(4)8-2/h10-13H,7-9H2,1-6H3. The molecule has 4 unspecified atom stereocenters. The maximum absolute atomic E-state index is 11.6. The summed E-state index contributed by atoms with van der Waals surface area (Å²) >= 11 is 0. The third-order valence-electron chi connectivity index (χ3n) is 3.81. The van der Waals surface area contributed by atoms with Gasteiger partial charge in [-0.1, -0.05) is 40.5 Å². The molecule has 0 heterocycles. The molecule has 0 rings (SSSR count). The highest BCUT2D eigenvalue weighted by Gasteiger charge is 2.21. The van der Waals surface area contributed by atoms with Crippen LogP contribution in [0.5, 0.6) is 0 Å². The van der Waals surface area contributed by atoms with Crippen molar-refractivity contribution in [3.63, 3.8) is 0 Å². The normalized spacial score (nSPS) is 17.2. The van der Waals surface area contributed by atoms with Crippen molar-refractivity contribution in [2.24, 2.45) is 11.8 Å². The maximum Gasteiger partial charge on any atom is 0.317 e. The number of carbonyl (C=O) groups is 2. The van der Waals surface area contributed by atoms with E-state index < -0.39 is 11.9 Å². The number of carbonyl (C=O) groups excluding carboxylic acids is 2. The average molecular weight is 272 g/mol. The Balaban J connectivity index is 4.09. The Labute approximate surface area is 116 Å². The number of hydrogen-bond acceptors (Lipinski definition) is 4. The van der Waals surface area contributed by atoms with Gasteiger partial charge in [0.25, 0.3) is 0 Å². The molecule has 19 heavy (non-hydrogen) atoms. The van der Waals surface area contributed by atoms with Gasteiger partial charge in [-0.2, -0.15) is 0 Å². The Hall–Kier alpha value is -1.06. The van der Waals surface area contributed by atoms with Gasteiger partial charge in [-0.15, -0.1) is 0 Å². The third kappa shape index (κ3) is 7.19. The van der Waals surface area contributed by atoms with Gasteiger partial charge in [0, 0.05) is 0 Å². The van der Waals surface area contributed by atoms with Gasteiger partial charge in [-0.25, -0.2) is 0 Å². The molecule has 0 aromatic carbocycles. The van der Waals surface area contributed by atoms with Crippen LogP contribution in [0.15, 0.2) is 0 Å². The van der Waals surface area contributed by atoms with E-state index in [1.54, 1.807) is 0 Å². The molecule has 4 heteroatoms. The van der Waals surface area contributed by atoms with Gasteiger partial charge in [-0.3, -0.25) is 9.59 Å². The molecule has 0 fully saturated rings. The van der Waals surface area contributed by atoms with Gasteiger partial charge < -0.3 is 9.47 Å². The highest BCUT2D eigenvalue weighted by atomic mass is 16.6. The Morgan fingerprint density at radius 3 is 1.37 bits per heavy atom. The van der Waals surface area contributed by atoms with Gasteiger partial charge in [0.05, 0.1) is 0 Å². The predicted molar refractivity (Wildman–Crippen MR) is 74.6 cm³/mol. The second kappa shape index (κ2) is 8.94. The lowest BCUT2D eigenvalue weighted by Crippen LogP contribution is -2.26. The van der Waals surface area contributed by atoms with E-state index in [2.05, 4.69) is 0 Å². The largest absolute Gasteiger partial charge is 0.462 e. The van der Waals surface area contributed by atoms with Crippen molar-refractivity contribution < 1.29 is 19.1 Å². The van der Waals surface area contributed by atoms with Gasteiger partial charge in [0.2, 0.25) is 0 Å². The fraction of sp³-hybridized carbons (Fsp3) is 0.867. The number of esters is 2. The van der Waals surface area contributed by atoms with E-state index in [9.17, 15) is 9.59 Å². The van der Waals surface area contributed by atoms with Crippen molar-refractivity contribution in [3.8, 4) is 0 Å². The van der Waals surface area contributed by atoms with Crippen LogP contribution in [0.25, 0.3) is 0 Å². The van der Waals surface area contributed by atoms with Crippen molar-refractivity contribution >= 4 is 11.9 Å². The van der Waals surface area contributed by atoms with Crippen LogP contribution in [0.2, 0.25) is 0 Å². The van der Waals surface area contributed by atoms with Crippen LogP contribution in [0.3, 0.4) is 0 Å². The van der Waals surface area contributed by atoms with E-state index in [0.717, 1.165) is 12.8 Å². The van der Waals surface area contributed by atoms with Crippen LogP contribution in [0.1, 0.15) is 60.8 Å². The second-order valence-corrected chi connectivity index (χ2v) is 5.34. The highest BCUT2D eigenvalue weighted by Crippen LogP contribution is 2.13. The molecule has 0 bridgehead atoms. The minimum Gasteiger partial charge on any atom is -0.462 e. The first kappa shape index (κ1) is 17.9. The molecule has 0 aliphatic heterocycles. The summed E-state index contributed by atoms with van der Waals surface area (Å²) in [5.41, 5.74) is 0. The van der Waals surface area contributed by atoms with Crippen molar-refractivity contribution in [1.82, 2.24) is 0 Å². The lowest BCUT2D eigenvalue weighted by molar-refractivity contribution is -0.161. The van der Waals surface area contributed by atoms with Crippen molar-refractivity contribution in [3.05, 3.63) is 0 Å². The zero-order valence-electron chi connectivity index (χ0n) is 13.1. The molecule has 0 aliphatic carbocycles. The van der Waals surface area contributed by atoms with Crippen molar-refractivity contribution in [2.45, 2.75) is 73.0 Å².